The maximum atomic E-state index is 14.2. The summed E-state index contributed by atoms with van der Waals surface area (Å²) in [6, 6.07) is -0.138. The summed E-state index contributed by atoms with van der Waals surface area (Å²) in [4.78, 5) is 14.7. The Morgan fingerprint density at radius 1 is 0.643 bits per heavy atom. The fourth-order valence-electron chi connectivity index (χ4n) is 3.23. The number of aromatic nitrogens is 3. The molecule has 2 heterocycles. The second kappa shape index (κ2) is 9.51. The van der Waals surface area contributed by atoms with Crippen molar-refractivity contribution in [3.05, 3.63) is 34.0 Å². The molecule has 0 unspecified atom stereocenters. The highest BCUT2D eigenvalue weighted by Crippen LogP contribution is 2.64. The smallest absolute Gasteiger partial charge is 0.314 e. The van der Waals surface area contributed by atoms with Gasteiger partial charge in [0.05, 0.1) is 0 Å². The highest BCUT2D eigenvalue weighted by molar-refractivity contribution is 5.35. The van der Waals surface area contributed by atoms with Crippen molar-refractivity contribution < 1.29 is 87.8 Å². The van der Waals surface area contributed by atoms with Crippen molar-refractivity contribution in [2.75, 3.05) is 0 Å². The van der Waals surface area contributed by atoms with Crippen LogP contribution in [0.5, 0.6) is 0 Å². The van der Waals surface area contributed by atoms with Gasteiger partial charge in [-0.25, -0.2) is 4.98 Å². The number of imidazole rings is 1. The third-order valence-corrected chi connectivity index (χ3v) is 5.64. The predicted molar refractivity (Wildman–Crippen MR) is 94.5 cm³/mol. The molecule has 0 atom stereocenters. The van der Waals surface area contributed by atoms with Gasteiger partial charge in [0.15, 0.2) is 5.69 Å². The lowest BCUT2D eigenvalue weighted by Crippen LogP contribution is -2.74. The molecule has 0 aliphatic rings. The number of fused-ring (bicyclic) bond motifs is 1. The van der Waals surface area contributed by atoms with Gasteiger partial charge in [-0.2, -0.15) is 87.8 Å². The molecule has 0 aromatic carbocycles. The summed E-state index contributed by atoms with van der Waals surface area (Å²) < 4.78 is 266. The Bertz CT molecular complexity index is 1380. The number of halogens is 20. The Kier molecular flexibility index (Phi) is 7.97. The van der Waals surface area contributed by atoms with Gasteiger partial charge in [0.1, 0.15) is 0 Å². The Balaban J connectivity index is 2.57. The summed E-state index contributed by atoms with van der Waals surface area (Å²) in [5.74, 6) is -59.0. The van der Waals surface area contributed by atoms with E-state index in [2.05, 4.69) is 4.98 Å². The van der Waals surface area contributed by atoms with E-state index in [0.717, 1.165) is 6.92 Å². The molecule has 0 bridgehead atoms. The van der Waals surface area contributed by atoms with Crippen molar-refractivity contribution in [2.24, 2.45) is 0 Å². The van der Waals surface area contributed by atoms with Crippen LogP contribution in [-0.2, 0) is 12.7 Å². The van der Waals surface area contributed by atoms with Crippen LogP contribution in [0.4, 0.5) is 87.8 Å². The number of hydrogen-bond acceptors (Lipinski definition) is 2. The molecule has 2 aromatic heterocycles. The molecule has 24 heteroatoms. The standard InChI is InChI=1S/C18H9F20N3O/c1-6-5-41-8(42)4-7(11(21,22)23)39-9(41)40(6)3-2-10(19,20)12(24,25)13(26,27)14(28,29)15(30,31)16(32,33)17(34,35)18(36,37)38/h4-5H,2-3H2,1H3. The summed E-state index contributed by atoms with van der Waals surface area (Å²) in [6.45, 7) is -1.19. The highest BCUT2D eigenvalue weighted by atomic mass is 19.4. The van der Waals surface area contributed by atoms with E-state index in [1.807, 2.05) is 0 Å². The Morgan fingerprint density at radius 2 is 1.05 bits per heavy atom. The van der Waals surface area contributed by atoms with E-state index in [1.165, 1.54) is 0 Å². The average Bonchev–Trinajstić information content (AvgIpc) is 3.11. The maximum absolute atomic E-state index is 14.2. The van der Waals surface area contributed by atoms with Crippen molar-refractivity contribution in [1.29, 1.82) is 0 Å². The van der Waals surface area contributed by atoms with Crippen molar-refractivity contribution in [3.63, 3.8) is 0 Å². The van der Waals surface area contributed by atoms with Crippen molar-refractivity contribution in [3.8, 4) is 0 Å². The SMILES string of the molecule is Cc1cn2c(=O)cc(C(F)(F)F)nc2n1CCC(F)(F)C(F)(F)C(F)(F)C(F)(F)C(F)(F)C(F)(F)C(F)(F)C(F)(F)F. The number of hydrogen-bond donors (Lipinski definition) is 0. The van der Waals surface area contributed by atoms with Crippen LogP contribution < -0.4 is 5.56 Å². The summed E-state index contributed by atoms with van der Waals surface area (Å²) in [5, 5.41) is 0. The van der Waals surface area contributed by atoms with Crippen LogP contribution in [0.25, 0.3) is 5.78 Å². The number of rotatable bonds is 9. The zero-order chi connectivity index (χ0) is 33.5. The Hall–Kier alpha value is -2.98. The molecule has 0 N–H and O–H groups in total. The van der Waals surface area contributed by atoms with Gasteiger partial charge in [-0.15, -0.1) is 0 Å². The van der Waals surface area contributed by atoms with Crippen LogP contribution in [0.2, 0.25) is 0 Å². The fourth-order valence-corrected chi connectivity index (χ4v) is 3.23. The molecule has 242 valence electrons. The molecule has 0 fully saturated rings. The van der Waals surface area contributed by atoms with Gasteiger partial charge in [-0.3, -0.25) is 9.20 Å². The minimum Gasteiger partial charge on any atom is -0.314 e. The van der Waals surface area contributed by atoms with Crippen LogP contribution in [-0.4, -0.2) is 61.6 Å². The summed E-state index contributed by atoms with van der Waals surface area (Å²) in [7, 11) is 0. The van der Waals surface area contributed by atoms with Gasteiger partial charge < -0.3 is 4.57 Å². The van der Waals surface area contributed by atoms with Gasteiger partial charge in [-0.1, -0.05) is 0 Å². The molecule has 2 rings (SSSR count). The lowest BCUT2D eigenvalue weighted by atomic mass is 9.88. The summed E-state index contributed by atoms with van der Waals surface area (Å²) in [5.41, 5.74) is -4.19. The largest absolute Gasteiger partial charge is 0.460 e. The van der Waals surface area contributed by atoms with E-state index in [0.29, 0.717) is 6.20 Å². The fraction of sp³-hybridized carbons (Fsp3) is 0.667. The van der Waals surface area contributed by atoms with Gasteiger partial charge in [0, 0.05) is 30.9 Å². The molecule has 0 amide bonds. The van der Waals surface area contributed by atoms with E-state index in [4.69, 9.17) is 0 Å². The predicted octanol–water partition coefficient (Wildman–Crippen LogP) is 7.22. The van der Waals surface area contributed by atoms with E-state index in [-0.39, 0.29) is 15.0 Å². The van der Waals surface area contributed by atoms with E-state index >= 15 is 0 Å². The summed E-state index contributed by atoms with van der Waals surface area (Å²) >= 11 is 0. The first kappa shape index (κ1) is 35.2. The first-order valence-electron chi connectivity index (χ1n) is 10.1. The van der Waals surface area contributed by atoms with Gasteiger partial charge in [0.25, 0.3) is 5.56 Å². The first-order chi connectivity index (χ1) is 18.2. The topological polar surface area (TPSA) is 39.3 Å². The monoisotopic (exact) mass is 663 g/mol. The normalized spacial score (nSPS) is 15.5. The number of aryl methyl sites for hydroxylation is 2. The molecule has 0 spiro atoms. The van der Waals surface area contributed by atoms with E-state index < -0.39 is 89.5 Å². The molecule has 0 aliphatic carbocycles. The Labute approximate surface area is 216 Å². The zero-order valence-electron chi connectivity index (χ0n) is 19.4. The third-order valence-electron chi connectivity index (χ3n) is 5.64. The Morgan fingerprint density at radius 3 is 1.45 bits per heavy atom. The molecule has 0 radical (unpaired) electrons. The first-order valence-corrected chi connectivity index (χ1v) is 10.1. The van der Waals surface area contributed by atoms with Crippen molar-refractivity contribution >= 4 is 5.78 Å². The lowest BCUT2D eigenvalue weighted by Gasteiger charge is -2.42. The molecule has 42 heavy (non-hydrogen) atoms. The molecule has 2 aromatic rings. The van der Waals surface area contributed by atoms with E-state index in [9.17, 15) is 92.6 Å². The highest BCUT2D eigenvalue weighted by Gasteiger charge is 2.95. The average molecular weight is 663 g/mol. The van der Waals surface area contributed by atoms with Crippen LogP contribution in [0, 0.1) is 6.92 Å². The van der Waals surface area contributed by atoms with Crippen LogP contribution in [0.3, 0.4) is 0 Å². The minimum absolute atomic E-state index is 0.0174. The second-order valence-electron chi connectivity index (χ2n) is 8.47. The zero-order valence-corrected chi connectivity index (χ0v) is 19.4. The van der Waals surface area contributed by atoms with Gasteiger partial charge >= 0.3 is 53.8 Å². The van der Waals surface area contributed by atoms with Crippen molar-refractivity contribution in [1.82, 2.24) is 14.0 Å². The third kappa shape index (κ3) is 4.80. The maximum Gasteiger partial charge on any atom is 0.460 e. The van der Waals surface area contributed by atoms with Crippen LogP contribution in [0.15, 0.2) is 17.1 Å². The van der Waals surface area contributed by atoms with Gasteiger partial charge in [0.2, 0.25) is 5.78 Å². The molecular weight excluding hydrogens is 654 g/mol. The molecule has 0 saturated carbocycles. The molecule has 0 aliphatic heterocycles. The van der Waals surface area contributed by atoms with Crippen molar-refractivity contribution in [2.45, 2.75) is 73.7 Å². The summed E-state index contributed by atoms with van der Waals surface area (Å²) in [6.07, 6.45) is -15.7. The van der Waals surface area contributed by atoms with Crippen LogP contribution in [0.1, 0.15) is 17.8 Å². The number of nitrogens with zero attached hydrogens (tertiary/aromatic N) is 3. The molecule has 4 nitrogen and oxygen atoms in total. The van der Waals surface area contributed by atoms with Gasteiger partial charge in [-0.05, 0) is 6.92 Å². The second-order valence-corrected chi connectivity index (χ2v) is 8.47. The minimum atomic E-state index is -8.78. The molecular formula is C18H9F20N3O. The van der Waals surface area contributed by atoms with E-state index in [1.54, 1.807) is 0 Å². The lowest BCUT2D eigenvalue weighted by molar-refractivity contribution is -0.461. The number of alkyl halides is 20. The molecule has 0 saturated heterocycles. The van der Waals surface area contributed by atoms with Crippen LogP contribution >= 0.6 is 0 Å². The quantitative estimate of drug-likeness (QED) is 0.266.